The Balaban J connectivity index is 4.01. The smallest absolute Gasteiger partial charge is 0.0667 e. The van der Waals surface area contributed by atoms with Crippen LogP contribution in [-0.2, 0) is 0 Å². The third-order valence-corrected chi connectivity index (χ3v) is 2.50. The lowest BCUT2D eigenvalue weighted by molar-refractivity contribution is 0.566. The Kier molecular flexibility index (Phi) is 3.02. The molecule has 52 valence electrons. The van der Waals surface area contributed by atoms with Gasteiger partial charge in [-0.2, -0.15) is 5.26 Å². The van der Waals surface area contributed by atoms with Crippen molar-refractivity contribution < 1.29 is 0 Å². The van der Waals surface area contributed by atoms with E-state index in [0.29, 0.717) is 0 Å². The summed E-state index contributed by atoms with van der Waals surface area (Å²) in [6.45, 7) is 5.80. The van der Waals surface area contributed by atoms with E-state index < -0.39 is 0 Å². The highest BCUT2D eigenvalue weighted by atomic mass is 32.2. The summed E-state index contributed by atoms with van der Waals surface area (Å²) >= 11 is 1.24. The Morgan fingerprint density at radius 1 is 1.67 bits per heavy atom. The number of nitriles is 1. The molecule has 0 saturated carbocycles. The van der Waals surface area contributed by atoms with Gasteiger partial charge in [-0.3, -0.25) is 5.14 Å². The summed E-state index contributed by atoms with van der Waals surface area (Å²) in [6, 6.07) is 2.16. The molecule has 1 unspecified atom stereocenters. The largest absolute Gasteiger partial charge is 0.277 e. The van der Waals surface area contributed by atoms with E-state index >= 15 is 0 Å². The van der Waals surface area contributed by atoms with E-state index in [-0.39, 0.29) is 10.7 Å². The Morgan fingerprint density at radius 2 is 2.11 bits per heavy atom. The zero-order valence-corrected chi connectivity index (χ0v) is 6.83. The molecule has 0 amide bonds. The first-order valence-electron chi connectivity index (χ1n) is 2.82. The molecule has 0 aromatic carbocycles. The van der Waals surface area contributed by atoms with Crippen molar-refractivity contribution in [3.8, 4) is 6.07 Å². The highest BCUT2D eigenvalue weighted by Crippen LogP contribution is 2.27. The monoisotopic (exact) mass is 144 g/mol. The second-order valence-electron chi connectivity index (χ2n) is 2.57. The van der Waals surface area contributed by atoms with Crippen molar-refractivity contribution in [1.82, 2.24) is 0 Å². The van der Waals surface area contributed by atoms with Crippen LogP contribution in [0, 0.1) is 17.2 Å². The van der Waals surface area contributed by atoms with Gasteiger partial charge in [0.1, 0.15) is 0 Å². The number of nitrogens with two attached hydrogens (primary N) is 1. The van der Waals surface area contributed by atoms with Crippen LogP contribution in [0.3, 0.4) is 0 Å². The van der Waals surface area contributed by atoms with Gasteiger partial charge in [-0.05, 0) is 20.8 Å². The van der Waals surface area contributed by atoms with E-state index in [4.69, 9.17) is 10.4 Å². The Hall–Kier alpha value is -0.200. The summed E-state index contributed by atoms with van der Waals surface area (Å²) < 4.78 is -0.116. The first kappa shape index (κ1) is 8.80. The molecule has 1 atom stereocenters. The van der Waals surface area contributed by atoms with E-state index in [1.807, 2.05) is 20.8 Å². The first-order chi connectivity index (χ1) is 4.04. The number of hydrogen-bond acceptors (Lipinski definition) is 3. The lowest BCUT2D eigenvalue weighted by Gasteiger charge is -2.23. The maximum atomic E-state index is 8.48. The molecule has 0 aromatic heterocycles. The molecule has 0 fully saturated rings. The lowest BCUT2D eigenvalue weighted by Crippen LogP contribution is -2.25. The molecular formula is C6H12N2S. The second kappa shape index (κ2) is 3.09. The van der Waals surface area contributed by atoms with Crippen molar-refractivity contribution in [2.24, 2.45) is 11.1 Å². The van der Waals surface area contributed by atoms with E-state index in [2.05, 4.69) is 6.07 Å². The molecule has 2 N–H and O–H groups in total. The van der Waals surface area contributed by atoms with Gasteiger partial charge in [0, 0.05) is 4.75 Å². The Bertz CT molecular complexity index is 126. The molecule has 0 bridgehead atoms. The highest BCUT2D eigenvalue weighted by Gasteiger charge is 2.24. The normalized spacial score (nSPS) is 14.6. The molecule has 0 radical (unpaired) electrons. The highest BCUT2D eigenvalue weighted by molar-refractivity contribution is 7.98. The average Bonchev–Trinajstić information content (AvgIpc) is 1.86. The van der Waals surface area contributed by atoms with Gasteiger partial charge in [-0.15, -0.1) is 0 Å². The fraction of sp³-hybridized carbons (Fsp3) is 0.833. The summed E-state index contributed by atoms with van der Waals surface area (Å²) in [5.41, 5.74) is 0. The fourth-order valence-corrected chi connectivity index (χ4v) is 0.514. The van der Waals surface area contributed by atoms with Crippen molar-refractivity contribution in [2.45, 2.75) is 25.5 Å². The molecule has 9 heavy (non-hydrogen) atoms. The van der Waals surface area contributed by atoms with Crippen LogP contribution in [0.15, 0.2) is 0 Å². The zero-order chi connectivity index (χ0) is 7.49. The fourth-order valence-electron chi connectivity index (χ4n) is 0.258. The number of hydrogen-bond donors (Lipinski definition) is 1. The van der Waals surface area contributed by atoms with Gasteiger partial charge in [0.2, 0.25) is 0 Å². The van der Waals surface area contributed by atoms with Gasteiger partial charge in [0.25, 0.3) is 0 Å². The lowest BCUT2D eigenvalue weighted by atomic mass is 9.99. The summed E-state index contributed by atoms with van der Waals surface area (Å²) in [5.74, 6) is 0.00694. The molecule has 2 nitrogen and oxygen atoms in total. The second-order valence-corrected chi connectivity index (χ2v) is 3.86. The van der Waals surface area contributed by atoms with E-state index in [1.54, 1.807) is 0 Å². The van der Waals surface area contributed by atoms with Crippen LogP contribution in [0.4, 0.5) is 0 Å². The minimum Gasteiger partial charge on any atom is -0.277 e. The van der Waals surface area contributed by atoms with Crippen molar-refractivity contribution in [3.63, 3.8) is 0 Å². The maximum Gasteiger partial charge on any atom is 0.0667 e. The third-order valence-electron chi connectivity index (χ3n) is 1.54. The molecule has 0 aliphatic carbocycles. The quantitative estimate of drug-likeness (QED) is 0.598. The minimum atomic E-state index is -0.116. The SMILES string of the molecule is CC(C#N)C(C)(C)SN. The van der Waals surface area contributed by atoms with Gasteiger partial charge in [-0.1, -0.05) is 11.9 Å². The van der Waals surface area contributed by atoms with E-state index in [0.717, 1.165) is 0 Å². The van der Waals surface area contributed by atoms with Crippen LogP contribution in [0.2, 0.25) is 0 Å². The van der Waals surface area contributed by atoms with Gasteiger partial charge in [0.15, 0.2) is 0 Å². The topological polar surface area (TPSA) is 49.8 Å². The van der Waals surface area contributed by atoms with E-state index in [1.165, 1.54) is 11.9 Å². The van der Waals surface area contributed by atoms with Gasteiger partial charge >= 0.3 is 0 Å². The van der Waals surface area contributed by atoms with Crippen molar-refractivity contribution in [3.05, 3.63) is 0 Å². The maximum absolute atomic E-state index is 8.48. The predicted octanol–water partition coefficient (Wildman–Crippen LogP) is 1.53. The molecule has 0 saturated heterocycles. The Morgan fingerprint density at radius 3 is 2.22 bits per heavy atom. The van der Waals surface area contributed by atoms with Crippen LogP contribution in [-0.4, -0.2) is 4.75 Å². The predicted molar refractivity (Wildman–Crippen MR) is 40.6 cm³/mol. The molecule has 0 aromatic rings. The molecule has 0 aliphatic heterocycles. The standard InChI is InChI=1S/C6H12N2S/c1-5(4-7)6(2,3)9-8/h5H,8H2,1-3H3. The van der Waals surface area contributed by atoms with Gasteiger partial charge < -0.3 is 0 Å². The summed E-state index contributed by atoms with van der Waals surface area (Å²) in [5, 5.41) is 13.8. The van der Waals surface area contributed by atoms with Gasteiger partial charge in [0.05, 0.1) is 12.0 Å². The first-order valence-corrected chi connectivity index (χ1v) is 3.70. The molecule has 0 spiro atoms. The average molecular weight is 144 g/mol. The molecule has 3 heteroatoms. The zero-order valence-electron chi connectivity index (χ0n) is 6.01. The number of nitrogens with zero attached hydrogens (tertiary/aromatic N) is 1. The van der Waals surface area contributed by atoms with Crippen LogP contribution < -0.4 is 5.14 Å². The molecule has 0 aliphatic rings. The molecule has 0 rings (SSSR count). The molecular weight excluding hydrogens is 132 g/mol. The summed E-state index contributed by atoms with van der Waals surface area (Å²) in [4.78, 5) is 0. The molecule has 0 heterocycles. The minimum absolute atomic E-state index is 0.00694. The van der Waals surface area contributed by atoms with Crippen molar-refractivity contribution in [2.75, 3.05) is 0 Å². The van der Waals surface area contributed by atoms with Crippen LogP contribution >= 0.6 is 11.9 Å². The van der Waals surface area contributed by atoms with Crippen LogP contribution in [0.25, 0.3) is 0 Å². The summed E-state index contributed by atoms with van der Waals surface area (Å²) in [6.07, 6.45) is 0. The number of rotatable bonds is 2. The van der Waals surface area contributed by atoms with Gasteiger partial charge in [-0.25, -0.2) is 0 Å². The van der Waals surface area contributed by atoms with Crippen LogP contribution in [0.1, 0.15) is 20.8 Å². The third kappa shape index (κ3) is 2.25. The summed E-state index contributed by atoms with van der Waals surface area (Å²) in [7, 11) is 0. The van der Waals surface area contributed by atoms with Crippen molar-refractivity contribution >= 4 is 11.9 Å². The van der Waals surface area contributed by atoms with Crippen LogP contribution in [0.5, 0.6) is 0 Å². The Labute approximate surface area is 60.6 Å². The van der Waals surface area contributed by atoms with Crippen molar-refractivity contribution in [1.29, 1.82) is 5.26 Å². The van der Waals surface area contributed by atoms with E-state index in [9.17, 15) is 0 Å².